The maximum Gasteiger partial charge on any atom is 0.311 e. The molecule has 1 aromatic carbocycles. The van der Waals surface area contributed by atoms with Crippen LogP contribution in [0.4, 0.5) is 4.39 Å². The quantitative estimate of drug-likeness (QED) is 0.482. The van der Waals surface area contributed by atoms with Crippen LogP contribution < -0.4 is 0 Å². The van der Waals surface area contributed by atoms with Crippen molar-refractivity contribution in [1.82, 2.24) is 4.90 Å². The number of halogens is 1. The fourth-order valence-corrected chi connectivity index (χ4v) is 2.89. The van der Waals surface area contributed by atoms with E-state index in [1.54, 1.807) is 12.1 Å². The van der Waals surface area contributed by atoms with Gasteiger partial charge in [-0.05, 0) is 24.6 Å². The van der Waals surface area contributed by atoms with Crippen LogP contribution in [0.1, 0.15) is 18.1 Å². The number of hydrogen-bond acceptors (Lipinski definition) is 3. The Labute approximate surface area is 138 Å². The Hall–Kier alpha value is -1.64. The highest BCUT2D eigenvalue weighted by atomic mass is 28.3. The van der Waals surface area contributed by atoms with Gasteiger partial charge in [0.25, 0.3) is 0 Å². The molecule has 0 unspecified atom stereocenters. The van der Waals surface area contributed by atoms with E-state index in [9.17, 15) is 9.18 Å². The molecule has 0 amide bonds. The van der Waals surface area contributed by atoms with E-state index < -0.39 is 8.07 Å². The molecule has 0 aromatic heterocycles. The summed E-state index contributed by atoms with van der Waals surface area (Å²) in [7, 11) is -1.50. The Morgan fingerprint density at radius 3 is 2.65 bits per heavy atom. The number of nitrogens with zero attached hydrogens (tertiary/aromatic N) is 1. The summed E-state index contributed by atoms with van der Waals surface area (Å²) < 4.78 is 19.1. The minimum absolute atomic E-state index is 0.0401. The highest BCUT2D eigenvalue weighted by Gasteiger charge is 2.33. The third-order valence-electron chi connectivity index (χ3n) is 3.59. The molecule has 0 N–H and O–H groups in total. The van der Waals surface area contributed by atoms with E-state index in [-0.39, 0.29) is 17.7 Å². The maximum atomic E-state index is 14.1. The van der Waals surface area contributed by atoms with Crippen molar-refractivity contribution < 1.29 is 13.9 Å². The Balaban J connectivity index is 1.92. The molecular formula is C18H24FNO2Si. The molecule has 23 heavy (non-hydrogen) atoms. The van der Waals surface area contributed by atoms with E-state index in [1.165, 1.54) is 0 Å². The fourth-order valence-electron chi connectivity index (χ4n) is 2.38. The molecule has 0 radical (unpaired) electrons. The Bertz CT molecular complexity index is 637. The van der Waals surface area contributed by atoms with Crippen LogP contribution in [0.25, 0.3) is 0 Å². The van der Waals surface area contributed by atoms with Gasteiger partial charge in [0.05, 0.1) is 18.1 Å². The van der Waals surface area contributed by atoms with Gasteiger partial charge in [0.1, 0.15) is 13.9 Å². The van der Waals surface area contributed by atoms with Crippen molar-refractivity contribution in [1.29, 1.82) is 0 Å². The molecule has 0 spiro atoms. The molecule has 0 atom stereocenters. The largest absolute Gasteiger partial charge is 0.466 e. The number of likely N-dealkylation sites (tertiary alicyclic amines) is 1. The number of esters is 1. The van der Waals surface area contributed by atoms with Crippen LogP contribution >= 0.6 is 0 Å². The first kappa shape index (κ1) is 17.7. The summed E-state index contributed by atoms with van der Waals surface area (Å²) in [5, 5.41) is 0. The molecule has 5 heteroatoms. The molecular weight excluding hydrogens is 309 g/mol. The molecule has 2 rings (SSSR count). The molecule has 1 aromatic rings. The number of ether oxygens (including phenoxy) is 1. The van der Waals surface area contributed by atoms with Gasteiger partial charge in [0, 0.05) is 19.6 Å². The number of hydrogen-bond donors (Lipinski definition) is 0. The zero-order valence-corrected chi connectivity index (χ0v) is 15.3. The molecule has 3 nitrogen and oxygen atoms in total. The van der Waals surface area contributed by atoms with Crippen molar-refractivity contribution in [2.45, 2.75) is 33.1 Å². The third-order valence-corrected chi connectivity index (χ3v) is 4.46. The molecule has 1 fully saturated rings. The Morgan fingerprint density at radius 2 is 2.09 bits per heavy atom. The maximum absolute atomic E-state index is 14.1. The van der Waals surface area contributed by atoms with Crippen molar-refractivity contribution in [3.05, 3.63) is 35.1 Å². The lowest BCUT2D eigenvalue weighted by Gasteiger charge is -2.37. The first-order valence-electron chi connectivity index (χ1n) is 7.99. The van der Waals surface area contributed by atoms with E-state index in [2.05, 4.69) is 36.0 Å². The molecule has 124 valence electrons. The van der Waals surface area contributed by atoms with Gasteiger partial charge < -0.3 is 4.74 Å². The van der Waals surface area contributed by atoms with Gasteiger partial charge in [0.15, 0.2) is 0 Å². The summed E-state index contributed by atoms with van der Waals surface area (Å²) in [6.07, 6.45) is 0. The molecule has 0 saturated carbocycles. The van der Waals surface area contributed by atoms with Gasteiger partial charge in [-0.2, -0.15) is 0 Å². The van der Waals surface area contributed by atoms with Crippen molar-refractivity contribution >= 4 is 14.0 Å². The van der Waals surface area contributed by atoms with Gasteiger partial charge >= 0.3 is 5.97 Å². The van der Waals surface area contributed by atoms with E-state index in [4.69, 9.17) is 4.74 Å². The lowest BCUT2D eigenvalue weighted by Crippen LogP contribution is -2.50. The van der Waals surface area contributed by atoms with Crippen LogP contribution in [-0.2, 0) is 16.1 Å². The summed E-state index contributed by atoms with van der Waals surface area (Å²) >= 11 is 0. The summed E-state index contributed by atoms with van der Waals surface area (Å²) in [5.41, 5.74) is 4.55. The Kier molecular flexibility index (Phi) is 5.61. The van der Waals surface area contributed by atoms with Crippen molar-refractivity contribution in [2.75, 3.05) is 19.7 Å². The van der Waals surface area contributed by atoms with Crippen LogP contribution in [0.2, 0.25) is 19.6 Å². The Morgan fingerprint density at radius 1 is 1.39 bits per heavy atom. The first-order valence-corrected chi connectivity index (χ1v) is 11.5. The van der Waals surface area contributed by atoms with Gasteiger partial charge in [-0.1, -0.05) is 31.6 Å². The first-order chi connectivity index (χ1) is 10.8. The van der Waals surface area contributed by atoms with Crippen LogP contribution in [0.15, 0.2) is 18.2 Å². The lowest BCUT2D eigenvalue weighted by molar-refractivity contribution is -0.154. The standard InChI is InChI=1S/C18H24FNO2Si/c1-5-22-18(21)16-12-20(13-16)11-14-6-7-15(17(19)10-14)8-9-23(2,3)4/h6-7,10,16H,5,11-13H2,1-4H3. The number of benzene rings is 1. The average Bonchev–Trinajstić information content (AvgIpc) is 2.40. The van der Waals surface area contributed by atoms with Gasteiger partial charge in [0.2, 0.25) is 0 Å². The van der Waals surface area contributed by atoms with Gasteiger partial charge in [-0.15, -0.1) is 5.54 Å². The minimum atomic E-state index is -1.50. The topological polar surface area (TPSA) is 29.5 Å². The highest BCUT2D eigenvalue weighted by molar-refractivity contribution is 6.83. The van der Waals surface area contributed by atoms with E-state index >= 15 is 0 Å². The number of carbonyl (C=O) groups excluding carboxylic acids is 1. The molecule has 1 saturated heterocycles. The fraction of sp³-hybridized carbons (Fsp3) is 0.500. The highest BCUT2D eigenvalue weighted by Crippen LogP contribution is 2.21. The number of rotatable bonds is 4. The van der Waals surface area contributed by atoms with E-state index in [0.717, 1.165) is 5.56 Å². The zero-order chi connectivity index (χ0) is 17.0. The van der Waals surface area contributed by atoms with Crippen LogP contribution in [0.3, 0.4) is 0 Å². The van der Waals surface area contributed by atoms with Crippen LogP contribution in [0.5, 0.6) is 0 Å². The second-order valence-corrected chi connectivity index (χ2v) is 11.7. The predicted octanol–water partition coefficient (Wildman–Crippen LogP) is 3.05. The smallest absolute Gasteiger partial charge is 0.311 e. The van der Waals surface area contributed by atoms with Crippen molar-refractivity contribution in [3.63, 3.8) is 0 Å². The number of carbonyl (C=O) groups is 1. The van der Waals surface area contributed by atoms with Gasteiger partial charge in [-0.25, -0.2) is 4.39 Å². The monoisotopic (exact) mass is 333 g/mol. The van der Waals surface area contributed by atoms with Gasteiger partial charge in [-0.3, -0.25) is 9.69 Å². The lowest BCUT2D eigenvalue weighted by atomic mass is 9.99. The van der Waals surface area contributed by atoms with Crippen LogP contribution in [-0.4, -0.2) is 38.6 Å². The van der Waals surface area contributed by atoms with Crippen LogP contribution in [0, 0.1) is 23.2 Å². The molecule has 1 aliphatic heterocycles. The van der Waals surface area contributed by atoms with Crippen molar-refractivity contribution in [2.24, 2.45) is 5.92 Å². The summed E-state index contributed by atoms with van der Waals surface area (Å²) in [4.78, 5) is 13.7. The van der Waals surface area contributed by atoms with Crippen molar-refractivity contribution in [3.8, 4) is 11.5 Å². The molecule has 1 aliphatic rings. The summed E-state index contributed by atoms with van der Waals surface area (Å²) in [5.74, 6) is 2.52. The second-order valence-electron chi connectivity index (χ2n) is 6.96. The normalized spacial score (nSPS) is 15.5. The van der Waals surface area contributed by atoms with E-state index in [1.807, 2.05) is 13.0 Å². The third kappa shape index (κ3) is 5.19. The summed E-state index contributed by atoms with van der Waals surface area (Å²) in [6, 6.07) is 5.21. The second kappa shape index (κ2) is 7.29. The molecule has 0 aliphatic carbocycles. The van der Waals surface area contributed by atoms with E-state index in [0.29, 0.717) is 31.8 Å². The average molecular weight is 333 g/mol. The predicted molar refractivity (Wildman–Crippen MR) is 92.0 cm³/mol. The molecule has 0 bridgehead atoms. The summed E-state index contributed by atoms with van der Waals surface area (Å²) in [6.45, 7) is 10.6. The minimum Gasteiger partial charge on any atom is -0.466 e. The SMILES string of the molecule is CCOC(=O)C1CN(Cc2ccc(C#C[Si](C)(C)C)c(F)c2)C1. The molecule has 1 heterocycles. The zero-order valence-electron chi connectivity index (χ0n) is 14.3.